The zero-order chi connectivity index (χ0) is 13.3. The maximum absolute atomic E-state index is 5.96. The highest BCUT2D eigenvalue weighted by Gasteiger charge is 2.37. The number of hydrogen-bond donors (Lipinski definition) is 1. The highest BCUT2D eigenvalue weighted by molar-refractivity contribution is 5.42. The van der Waals surface area contributed by atoms with E-state index >= 15 is 0 Å². The van der Waals surface area contributed by atoms with Gasteiger partial charge in [0.05, 0.1) is 0 Å². The minimum absolute atomic E-state index is 0.0905. The zero-order valence-corrected chi connectivity index (χ0v) is 11.9. The first kappa shape index (κ1) is 12.9. The van der Waals surface area contributed by atoms with E-state index in [1.165, 1.54) is 44.1 Å². The van der Waals surface area contributed by atoms with Crippen molar-refractivity contribution in [3.05, 3.63) is 23.9 Å². The fraction of sp³-hybridized carbons (Fsp3) is 0.688. The maximum atomic E-state index is 5.96. The molecule has 1 aromatic rings. The molecule has 1 saturated heterocycles. The van der Waals surface area contributed by atoms with Crippen LogP contribution in [0.25, 0.3) is 0 Å². The lowest BCUT2D eigenvalue weighted by atomic mass is 9.77. The van der Waals surface area contributed by atoms with Crippen LogP contribution in [0.5, 0.6) is 0 Å². The molecule has 1 spiro atoms. The van der Waals surface area contributed by atoms with Crippen LogP contribution >= 0.6 is 0 Å². The molecule has 104 valence electrons. The van der Waals surface area contributed by atoms with E-state index in [4.69, 9.17) is 5.73 Å². The van der Waals surface area contributed by atoms with E-state index in [2.05, 4.69) is 16.0 Å². The van der Waals surface area contributed by atoms with E-state index in [0.29, 0.717) is 5.41 Å². The van der Waals surface area contributed by atoms with Gasteiger partial charge < -0.3 is 10.6 Å². The molecule has 2 N–H and O–H groups in total. The number of aromatic nitrogens is 1. The molecule has 2 fully saturated rings. The first-order valence-electron chi connectivity index (χ1n) is 7.65. The largest absolute Gasteiger partial charge is 0.357 e. The van der Waals surface area contributed by atoms with Crippen molar-refractivity contribution in [1.82, 2.24) is 4.98 Å². The Kier molecular flexibility index (Phi) is 3.48. The molecule has 1 aliphatic carbocycles. The molecule has 0 radical (unpaired) electrons. The van der Waals surface area contributed by atoms with Crippen molar-refractivity contribution in [2.45, 2.75) is 51.5 Å². The number of nitrogens with zero attached hydrogens (tertiary/aromatic N) is 2. The maximum Gasteiger partial charge on any atom is 0.128 e. The second kappa shape index (κ2) is 5.12. The van der Waals surface area contributed by atoms with Crippen molar-refractivity contribution in [2.24, 2.45) is 11.1 Å². The number of pyridine rings is 1. The van der Waals surface area contributed by atoms with E-state index in [1.54, 1.807) is 0 Å². The molecule has 0 amide bonds. The van der Waals surface area contributed by atoms with E-state index in [9.17, 15) is 0 Å². The summed E-state index contributed by atoms with van der Waals surface area (Å²) in [5.41, 5.74) is 7.82. The Morgan fingerprint density at radius 3 is 2.53 bits per heavy atom. The van der Waals surface area contributed by atoms with E-state index in [1.807, 2.05) is 19.2 Å². The Morgan fingerprint density at radius 1 is 1.21 bits per heavy atom. The van der Waals surface area contributed by atoms with Crippen LogP contribution in [0.2, 0.25) is 0 Å². The Morgan fingerprint density at radius 2 is 1.89 bits per heavy atom. The average Bonchev–Trinajstić information content (AvgIpc) is 2.88. The third-order valence-electron chi connectivity index (χ3n) is 5.11. The molecule has 1 saturated carbocycles. The van der Waals surface area contributed by atoms with Crippen molar-refractivity contribution in [2.75, 3.05) is 18.0 Å². The van der Waals surface area contributed by atoms with Crippen molar-refractivity contribution < 1.29 is 0 Å². The number of nitrogens with two attached hydrogens (primary N) is 1. The van der Waals surface area contributed by atoms with Gasteiger partial charge in [0.2, 0.25) is 0 Å². The molecular formula is C16H25N3. The van der Waals surface area contributed by atoms with Gasteiger partial charge in [-0.3, -0.25) is 0 Å². The van der Waals surface area contributed by atoms with Gasteiger partial charge in [-0.1, -0.05) is 12.8 Å². The molecule has 3 rings (SSSR count). The summed E-state index contributed by atoms with van der Waals surface area (Å²) in [6.07, 6.45) is 10.4. The summed E-state index contributed by atoms with van der Waals surface area (Å²) >= 11 is 0. The van der Waals surface area contributed by atoms with Gasteiger partial charge >= 0.3 is 0 Å². The number of piperidine rings is 1. The lowest BCUT2D eigenvalue weighted by Crippen LogP contribution is -2.39. The summed E-state index contributed by atoms with van der Waals surface area (Å²) < 4.78 is 0. The number of rotatable bonds is 2. The summed E-state index contributed by atoms with van der Waals surface area (Å²) in [6.45, 7) is 4.35. The third-order valence-corrected chi connectivity index (χ3v) is 5.11. The molecular weight excluding hydrogens is 234 g/mol. The van der Waals surface area contributed by atoms with Crippen LogP contribution < -0.4 is 10.6 Å². The third kappa shape index (κ3) is 2.62. The van der Waals surface area contributed by atoms with Crippen molar-refractivity contribution in [3.8, 4) is 0 Å². The molecule has 1 aliphatic heterocycles. The van der Waals surface area contributed by atoms with Gasteiger partial charge in [-0.2, -0.15) is 0 Å². The van der Waals surface area contributed by atoms with Crippen molar-refractivity contribution in [3.63, 3.8) is 0 Å². The summed E-state index contributed by atoms with van der Waals surface area (Å²) in [7, 11) is 0. The summed E-state index contributed by atoms with van der Waals surface area (Å²) in [4.78, 5) is 6.97. The summed E-state index contributed by atoms with van der Waals surface area (Å²) in [5, 5.41) is 0. The van der Waals surface area contributed by atoms with Crippen molar-refractivity contribution >= 4 is 5.82 Å². The van der Waals surface area contributed by atoms with Crippen molar-refractivity contribution in [1.29, 1.82) is 0 Å². The molecule has 1 atom stereocenters. The molecule has 3 heteroatoms. The number of anilines is 1. The second-order valence-corrected chi connectivity index (χ2v) is 6.43. The molecule has 19 heavy (non-hydrogen) atoms. The lowest BCUT2D eigenvalue weighted by molar-refractivity contribution is 0.226. The predicted molar refractivity (Wildman–Crippen MR) is 79.2 cm³/mol. The number of hydrogen-bond acceptors (Lipinski definition) is 3. The van der Waals surface area contributed by atoms with Crippen LogP contribution in [0.3, 0.4) is 0 Å². The van der Waals surface area contributed by atoms with Crippen LogP contribution in [-0.2, 0) is 0 Å². The van der Waals surface area contributed by atoms with Gasteiger partial charge in [0.1, 0.15) is 5.82 Å². The van der Waals surface area contributed by atoms with Gasteiger partial charge in [0.25, 0.3) is 0 Å². The fourth-order valence-electron chi connectivity index (χ4n) is 3.73. The van der Waals surface area contributed by atoms with Gasteiger partial charge in [-0.25, -0.2) is 4.98 Å². The van der Waals surface area contributed by atoms with Crippen LogP contribution in [-0.4, -0.2) is 18.1 Å². The van der Waals surface area contributed by atoms with Crippen LogP contribution in [0.15, 0.2) is 18.3 Å². The standard InChI is InChI=1S/C16H25N3/c1-13(17)14-4-9-18-15(12-14)19-10-7-16(8-11-19)5-2-3-6-16/h4,9,12-13H,2-3,5-8,10-11,17H2,1H3. The van der Waals surface area contributed by atoms with Gasteiger partial charge in [-0.05, 0) is 55.7 Å². The van der Waals surface area contributed by atoms with Gasteiger partial charge in [0.15, 0.2) is 0 Å². The lowest BCUT2D eigenvalue weighted by Gasteiger charge is -2.40. The monoisotopic (exact) mass is 259 g/mol. The zero-order valence-electron chi connectivity index (χ0n) is 11.9. The Balaban J connectivity index is 1.69. The first-order chi connectivity index (χ1) is 9.19. The summed E-state index contributed by atoms with van der Waals surface area (Å²) in [6, 6.07) is 4.28. The van der Waals surface area contributed by atoms with Gasteiger partial charge in [-0.15, -0.1) is 0 Å². The highest BCUT2D eigenvalue weighted by Crippen LogP contribution is 2.46. The summed E-state index contributed by atoms with van der Waals surface area (Å²) in [5.74, 6) is 1.11. The minimum Gasteiger partial charge on any atom is -0.357 e. The smallest absolute Gasteiger partial charge is 0.128 e. The molecule has 3 nitrogen and oxygen atoms in total. The quantitative estimate of drug-likeness (QED) is 0.886. The van der Waals surface area contributed by atoms with Crippen LogP contribution in [0, 0.1) is 5.41 Å². The minimum atomic E-state index is 0.0905. The molecule has 0 aromatic carbocycles. The molecule has 0 bridgehead atoms. The Hall–Kier alpha value is -1.09. The fourth-order valence-corrected chi connectivity index (χ4v) is 3.73. The van der Waals surface area contributed by atoms with Crippen LogP contribution in [0.4, 0.5) is 5.82 Å². The average molecular weight is 259 g/mol. The van der Waals surface area contributed by atoms with E-state index in [-0.39, 0.29) is 6.04 Å². The Bertz CT molecular complexity index is 425. The predicted octanol–water partition coefficient (Wildman–Crippen LogP) is 3.26. The molecule has 2 aliphatic rings. The second-order valence-electron chi connectivity index (χ2n) is 6.43. The molecule has 2 heterocycles. The molecule has 1 aromatic heterocycles. The first-order valence-corrected chi connectivity index (χ1v) is 7.65. The normalized spacial score (nSPS) is 23.8. The molecule has 1 unspecified atom stereocenters. The van der Waals surface area contributed by atoms with E-state index in [0.717, 1.165) is 18.9 Å². The van der Waals surface area contributed by atoms with E-state index < -0.39 is 0 Å². The van der Waals surface area contributed by atoms with Crippen LogP contribution in [0.1, 0.15) is 57.1 Å². The Labute approximate surface area is 116 Å². The highest BCUT2D eigenvalue weighted by atomic mass is 15.2. The SMILES string of the molecule is CC(N)c1ccnc(N2CCC3(CCCC3)CC2)c1. The van der Waals surface area contributed by atoms with Gasteiger partial charge in [0, 0.05) is 25.3 Å². The topological polar surface area (TPSA) is 42.1 Å².